The number of nitrogens with zero attached hydrogens (tertiary/aromatic N) is 3. The molecule has 0 radical (unpaired) electrons. The second-order valence-corrected chi connectivity index (χ2v) is 6.05. The number of carbonyl (C=O) groups is 1. The van der Waals surface area contributed by atoms with E-state index in [0.717, 1.165) is 23.3 Å². The van der Waals surface area contributed by atoms with Crippen LogP contribution in [0.4, 0.5) is 5.13 Å². The summed E-state index contributed by atoms with van der Waals surface area (Å²) in [6, 6.07) is 9.95. The van der Waals surface area contributed by atoms with Crippen LogP contribution in [0, 0.1) is 0 Å². The Kier molecular flexibility index (Phi) is 4.68. The molecule has 1 aromatic carbocycles. The highest BCUT2D eigenvalue weighted by Gasteiger charge is 2.21. The third-order valence-electron chi connectivity index (χ3n) is 3.76. The summed E-state index contributed by atoms with van der Waals surface area (Å²) in [6.07, 6.45) is 0. The van der Waals surface area contributed by atoms with Gasteiger partial charge in [0.2, 0.25) is 11.0 Å². The van der Waals surface area contributed by atoms with Gasteiger partial charge in [-0.25, -0.2) is 0 Å². The first kappa shape index (κ1) is 15.6. The van der Waals surface area contributed by atoms with Crippen molar-refractivity contribution in [1.82, 2.24) is 15.1 Å². The highest BCUT2D eigenvalue weighted by atomic mass is 32.1. The summed E-state index contributed by atoms with van der Waals surface area (Å²) in [4.78, 5) is 14.2. The van der Waals surface area contributed by atoms with Crippen molar-refractivity contribution in [2.24, 2.45) is 0 Å². The second-order valence-electron chi connectivity index (χ2n) is 5.22. The van der Waals surface area contributed by atoms with Crippen molar-refractivity contribution in [3.05, 3.63) is 41.6 Å². The summed E-state index contributed by atoms with van der Waals surface area (Å²) in [7, 11) is 0. The zero-order chi connectivity index (χ0) is 16.2. The molecule has 2 heterocycles. The first-order chi connectivity index (χ1) is 11.2. The van der Waals surface area contributed by atoms with Crippen LogP contribution in [0.15, 0.2) is 40.3 Å². The molecule has 0 fully saturated rings. The van der Waals surface area contributed by atoms with Crippen LogP contribution in [-0.4, -0.2) is 34.1 Å². The summed E-state index contributed by atoms with van der Waals surface area (Å²) >= 11 is 1.30. The number of hydrogen-bond donors (Lipinski definition) is 1. The van der Waals surface area contributed by atoms with Gasteiger partial charge in [0.15, 0.2) is 0 Å². The monoisotopic (exact) mass is 330 g/mol. The molecule has 7 heteroatoms. The quantitative estimate of drug-likeness (QED) is 0.751. The summed E-state index contributed by atoms with van der Waals surface area (Å²) in [5.41, 5.74) is 2.45. The van der Waals surface area contributed by atoms with E-state index in [1.54, 1.807) is 5.51 Å². The number of aromatic nitrogens is 2. The number of benzene rings is 1. The summed E-state index contributed by atoms with van der Waals surface area (Å²) in [5, 5.41) is 11.9. The number of para-hydroxylation sites is 1. The molecule has 0 spiro atoms. The van der Waals surface area contributed by atoms with Gasteiger partial charge in [0.05, 0.1) is 12.6 Å². The Morgan fingerprint density at radius 3 is 2.96 bits per heavy atom. The van der Waals surface area contributed by atoms with Crippen LogP contribution in [0.5, 0.6) is 0 Å². The highest BCUT2D eigenvalue weighted by Crippen LogP contribution is 2.27. The first-order valence-corrected chi connectivity index (χ1v) is 8.34. The van der Waals surface area contributed by atoms with Crippen molar-refractivity contribution >= 4 is 33.3 Å². The molecule has 6 nitrogen and oxygen atoms in total. The molecule has 3 aromatic rings. The van der Waals surface area contributed by atoms with E-state index >= 15 is 0 Å². The summed E-state index contributed by atoms with van der Waals surface area (Å²) < 4.78 is 5.91. The maximum atomic E-state index is 12.1. The van der Waals surface area contributed by atoms with Crippen LogP contribution >= 0.6 is 11.3 Å². The van der Waals surface area contributed by atoms with Gasteiger partial charge in [0, 0.05) is 5.39 Å². The number of fused-ring (bicyclic) bond motifs is 1. The van der Waals surface area contributed by atoms with Crippen molar-refractivity contribution in [2.75, 3.05) is 18.4 Å². The zero-order valence-electron chi connectivity index (χ0n) is 13.0. The number of carbonyl (C=O) groups excluding carboxylic acids is 1. The van der Waals surface area contributed by atoms with Crippen LogP contribution in [-0.2, 0) is 4.79 Å². The maximum absolute atomic E-state index is 12.1. The van der Waals surface area contributed by atoms with Crippen LogP contribution in [0.25, 0.3) is 11.0 Å². The Labute approximate surface area is 138 Å². The lowest BCUT2D eigenvalue weighted by Gasteiger charge is -2.25. The minimum absolute atomic E-state index is 0.00701. The fourth-order valence-corrected chi connectivity index (χ4v) is 2.94. The third-order valence-corrected chi connectivity index (χ3v) is 4.37. The Morgan fingerprint density at radius 2 is 2.26 bits per heavy atom. The van der Waals surface area contributed by atoms with E-state index in [2.05, 4.69) is 15.5 Å². The van der Waals surface area contributed by atoms with Gasteiger partial charge >= 0.3 is 0 Å². The molecule has 1 amide bonds. The summed E-state index contributed by atoms with van der Waals surface area (Å²) in [6.45, 7) is 5.08. The van der Waals surface area contributed by atoms with Crippen LogP contribution in [0.1, 0.15) is 25.6 Å². The Balaban J connectivity index is 1.70. The molecule has 0 saturated carbocycles. The lowest BCUT2D eigenvalue weighted by Crippen LogP contribution is -2.35. The maximum Gasteiger partial charge on any atom is 0.240 e. The van der Waals surface area contributed by atoms with Crippen LogP contribution in [0.3, 0.4) is 0 Å². The van der Waals surface area contributed by atoms with Gasteiger partial charge in [-0.05, 0) is 25.6 Å². The first-order valence-electron chi connectivity index (χ1n) is 7.46. The Bertz CT molecular complexity index is 751. The number of amides is 1. The number of hydrogen-bond acceptors (Lipinski definition) is 6. The molecule has 0 aliphatic rings. The third kappa shape index (κ3) is 3.57. The Morgan fingerprint density at radius 1 is 1.43 bits per heavy atom. The van der Waals surface area contributed by atoms with Gasteiger partial charge in [0.25, 0.3) is 0 Å². The van der Waals surface area contributed by atoms with Gasteiger partial charge in [-0.1, -0.05) is 36.5 Å². The molecule has 2 aromatic heterocycles. The molecule has 1 atom stereocenters. The van der Waals surface area contributed by atoms with Gasteiger partial charge in [-0.15, -0.1) is 10.2 Å². The molecule has 1 N–H and O–H groups in total. The van der Waals surface area contributed by atoms with E-state index in [1.807, 2.05) is 49.1 Å². The van der Waals surface area contributed by atoms with E-state index in [9.17, 15) is 4.79 Å². The lowest BCUT2D eigenvalue weighted by molar-refractivity contribution is -0.117. The van der Waals surface area contributed by atoms with Gasteiger partial charge in [-0.3, -0.25) is 15.0 Å². The molecule has 0 saturated heterocycles. The molecule has 23 heavy (non-hydrogen) atoms. The molecule has 0 unspecified atom stereocenters. The second kappa shape index (κ2) is 6.89. The van der Waals surface area contributed by atoms with E-state index in [4.69, 9.17) is 4.42 Å². The van der Waals surface area contributed by atoms with E-state index < -0.39 is 0 Å². The van der Waals surface area contributed by atoms with Crippen molar-refractivity contribution in [3.8, 4) is 0 Å². The standard InChI is InChI=1S/C16H18N4O2S/c1-3-20(9-15(21)18-16-19-17-10-23-16)11(2)14-8-12-6-4-5-7-13(12)22-14/h4-8,10-11H,3,9H2,1-2H3,(H,18,19,21)/t11-/m0/s1. The smallest absolute Gasteiger partial charge is 0.240 e. The molecular formula is C16H18N4O2S. The van der Waals surface area contributed by atoms with E-state index in [-0.39, 0.29) is 18.5 Å². The van der Waals surface area contributed by atoms with Crippen LogP contribution < -0.4 is 5.32 Å². The fraction of sp³-hybridized carbons (Fsp3) is 0.312. The predicted octanol–water partition coefficient (Wildman–Crippen LogP) is 3.31. The summed E-state index contributed by atoms with van der Waals surface area (Å²) in [5.74, 6) is 0.753. The Hall–Kier alpha value is -2.25. The molecular weight excluding hydrogens is 312 g/mol. The molecule has 0 aliphatic carbocycles. The number of anilines is 1. The normalized spacial score (nSPS) is 12.7. The molecule has 120 valence electrons. The van der Waals surface area contributed by atoms with Gasteiger partial charge < -0.3 is 4.42 Å². The van der Waals surface area contributed by atoms with Crippen molar-refractivity contribution in [3.63, 3.8) is 0 Å². The van der Waals surface area contributed by atoms with Crippen molar-refractivity contribution in [1.29, 1.82) is 0 Å². The topological polar surface area (TPSA) is 71.3 Å². The average molecular weight is 330 g/mol. The largest absolute Gasteiger partial charge is 0.459 e. The molecule has 0 aliphatic heterocycles. The highest BCUT2D eigenvalue weighted by molar-refractivity contribution is 7.13. The number of likely N-dealkylation sites (N-methyl/N-ethyl adjacent to an activating group) is 1. The van der Waals surface area contributed by atoms with Crippen LogP contribution in [0.2, 0.25) is 0 Å². The minimum atomic E-state index is -0.105. The average Bonchev–Trinajstić information content (AvgIpc) is 3.20. The van der Waals surface area contributed by atoms with Crippen molar-refractivity contribution < 1.29 is 9.21 Å². The lowest BCUT2D eigenvalue weighted by atomic mass is 10.2. The number of rotatable bonds is 6. The van der Waals surface area contributed by atoms with Crippen molar-refractivity contribution in [2.45, 2.75) is 19.9 Å². The predicted molar refractivity (Wildman–Crippen MR) is 90.4 cm³/mol. The molecule has 3 rings (SSSR count). The minimum Gasteiger partial charge on any atom is -0.459 e. The molecule has 0 bridgehead atoms. The zero-order valence-corrected chi connectivity index (χ0v) is 13.8. The SMILES string of the molecule is CCN(CC(=O)Nc1nncs1)[C@@H](C)c1cc2ccccc2o1. The van der Waals surface area contributed by atoms with E-state index in [1.165, 1.54) is 11.3 Å². The fourth-order valence-electron chi connectivity index (χ4n) is 2.48. The number of nitrogens with one attached hydrogen (secondary N) is 1. The van der Waals surface area contributed by atoms with Gasteiger partial charge in [-0.2, -0.15) is 0 Å². The number of furan rings is 1. The van der Waals surface area contributed by atoms with Gasteiger partial charge in [0.1, 0.15) is 16.9 Å². The van der Waals surface area contributed by atoms with E-state index in [0.29, 0.717) is 5.13 Å².